The van der Waals surface area contributed by atoms with Crippen LogP contribution in [-0.2, 0) is 0 Å². The van der Waals surface area contributed by atoms with Crippen LogP contribution in [0.5, 0.6) is 5.75 Å². The maximum Gasteiger partial charge on any atom is 0.270 e. The van der Waals surface area contributed by atoms with Crippen molar-refractivity contribution in [3.63, 3.8) is 0 Å². The van der Waals surface area contributed by atoms with Crippen molar-refractivity contribution in [2.75, 3.05) is 7.05 Å². The Morgan fingerprint density at radius 3 is 2.90 bits per heavy atom. The summed E-state index contributed by atoms with van der Waals surface area (Å²) in [6.45, 7) is 4.04. The van der Waals surface area contributed by atoms with Crippen LogP contribution in [0.4, 0.5) is 5.69 Å². The number of nitrogens with one attached hydrogen (secondary N) is 1. The molecule has 1 fully saturated rings. The molecule has 0 aliphatic carbocycles. The smallest absolute Gasteiger partial charge is 0.270 e. The highest BCUT2D eigenvalue weighted by Gasteiger charge is 2.52. The largest absolute Gasteiger partial charge is 0.467 e. The maximum atomic E-state index is 10.9. The number of nitrogens with zero attached hydrogens (tertiary/aromatic N) is 2. The highest BCUT2D eigenvalue weighted by Crippen LogP contribution is 2.48. The molecule has 106 valence electrons. The van der Waals surface area contributed by atoms with Gasteiger partial charge >= 0.3 is 0 Å². The van der Waals surface area contributed by atoms with E-state index < -0.39 is 10.6 Å². The first-order valence-corrected chi connectivity index (χ1v) is 6.77. The molecule has 3 rings (SSSR count). The molecular formula is C13H15N3O3S. The third kappa shape index (κ3) is 1.59. The van der Waals surface area contributed by atoms with Crippen LogP contribution in [0.2, 0.25) is 0 Å². The van der Waals surface area contributed by atoms with Crippen LogP contribution in [0.15, 0.2) is 18.2 Å². The molecule has 6 nitrogen and oxygen atoms in total. The van der Waals surface area contributed by atoms with Crippen LogP contribution in [0.1, 0.15) is 25.5 Å². The van der Waals surface area contributed by atoms with E-state index in [2.05, 4.69) is 12.2 Å². The zero-order chi connectivity index (χ0) is 14.7. The average Bonchev–Trinajstić information content (AvgIpc) is 2.40. The summed E-state index contributed by atoms with van der Waals surface area (Å²) in [6.07, 6.45) is 0. The topological polar surface area (TPSA) is 67.6 Å². The third-order valence-electron chi connectivity index (χ3n) is 4.45. The molecule has 1 aromatic carbocycles. The van der Waals surface area contributed by atoms with Gasteiger partial charge in [-0.05, 0) is 25.2 Å². The molecule has 0 amide bonds. The van der Waals surface area contributed by atoms with Gasteiger partial charge < -0.3 is 15.0 Å². The van der Waals surface area contributed by atoms with Gasteiger partial charge in [0.25, 0.3) is 5.69 Å². The average molecular weight is 293 g/mol. The van der Waals surface area contributed by atoms with Crippen LogP contribution >= 0.6 is 12.2 Å². The summed E-state index contributed by atoms with van der Waals surface area (Å²) >= 11 is 5.32. The van der Waals surface area contributed by atoms with Gasteiger partial charge in [0.15, 0.2) is 10.8 Å². The van der Waals surface area contributed by atoms with E-state index in [0.29, 0.717) is 10.9 Å². The Bertz CT molecular complexity index is 621. The van der Waals surface area contributed by atoms with Crippen LogP contribution in [0.3, 0.4) is 0 Å². The van der Waals surface area contributed by atoms with Crippen LogP contribution in [0, 0.1) is 16.0 Å². The van der Waals surface area contributed by atoms with Gasteiger partial charge in [0.05, 0.1) is 11.0 Å². The number of fused-ring (bicyclic) bond motifs is 4. The van der Waals surface area contributed by atoms with Crippen molar-refractivity contribution in [1.82, 2.24) is 10.2 Å². The van der Waals surface area contributed by atoms with E-state index in [1.807, 2.05) is 18.9 Å². The number of rotatable bonds is 1. The van der Waals surface area contributed by atoms with Crippen LogP contribution < -0.4 is 10.1 Å². The zero-order valence-corrected chi connectivity index (χ0v) is 12.2. The fraction of sp³-hybridized carbons (Fsp3) is 0.462. The number of thiocarbonyl (C=S) groups is 1. The summed E-state index contributed by atoms with van der Waals surface area (Å²) < 4.78 is 6.10. The van der Waals surface area contributed by atoms with Crippen LogP contribution in [0.25, 0.3) is 0 Å². The van der Waals surface area contributed by atoms with E-state index in [9.17, 15) is 10.1 Å². The van der Waals surface area contributed by atoms with Crippen molar-refractivity contribution >= 4 is 23.0 Å². The first-order chi connectivity index (χ1) is 9.34. The number of benzene rings is 1. The van der Waals surface area contributed by atoms with E-state index in [-0.39, 0.29) is 17.6 Å². The van der Waals surface area contributed by atoms with Gasteiger partial charge in [-0.1, -0.05) is 6.92 Å². The maximum absolute atomic E-state index is 10.9. The molecule has 1 saturated heterocycles. The minimum absolute atomic E-state index is 0.0646. The number of nitro benzene ring substituents is 1. The predicted molar refractivity (Wildman–Crippen MR) is 77.5 cm³/mol. The minimum atomic E-state index is -0.546. The molecule has 2 bridgehead atoms. The van der Waals surface area contributed by atoms with Gasteiger partial charge in [-0.15, -0.1) is 0 Å². The van der Waals surface area contributed by atoms with Crippen molar-refractivity contribution in [1.29, 1.82) is 0 Å². The Labute approximate surface area is 121 Å². The Hall–Kier alpha value is -1.89. The molecule has 0 saturated carbocycles. The van der Waals surface area contributed by atoms with Crippen molar-refractivity contribution in [3.05, 3.63) is 33.9 Å². The molecule has 1 N–H and O–H groups in total. The van der Waals surface area contributed by atoms with Gasteiger partial charge in [0.2, 0.25) is 0 Å². The Morgan fingerprint density at radius 1 is 1.55 bits per heavy atom. The quantitative estimate of drug-likeness (QED) is 0.486. The zero-order valence-electron chi connectivity index (χ0n) is 11.4. The molecule has 3 atom stereocenters. The predicted octanol–water partition coefficient (Wildman–Crippen LogP) is 2.20. The number of nitro groups is 1. The SMILES string of the molecule is CC1C2NC(=S)N(C)C1(C)Oc1ccc([N+](=O)[O-])cc12. The Kier molecular flexibility index (Phi) is 2.66. The van der Waals surface area contributed by atoms with Gasteiger partial charge in [-0.25, -0.2) is 0 Å². The second kappa shape index (κ2) is 4.05. The first kappa shape index (κ1) is 13.1. The highest BCUT2D eigenvalue weighted by atomic mass is 32.1. The Balaban J connectivity index is 2.15. The van der Waals surface area contributed by atoms with E-state index >= 15 is 0 Å². The lowest BCUT2D eigenvalue weighted by molar-refractivity contribution is -0.385. The monoisotopic (exact) mass is 293 g/mol. The fourth-order valence-electron chi connectivity index (χ4n) is 2.89. The Morgan fingerprint density at radius 2 is 2.25 bits per heavy atom. The summed E-state index contributed by atoms with van der Waals surface area (Å²) in [7, 11) is 1.89. The third-order valence-corrected chi connectivity index (χ3v) is 4.84. The number of non-ortho nitro benzene ring substituents is 1. The molecule has 2 heterocycles. The molecule has 1 aromatic rings. The summed E-state index contributed by atoms with van der Waals surface area (Å²) in [5.41, 5.74) is 0.310. The number of hydrogen-bond acceptors (Lipinski definition) is 4. The second-order valence-electron chi connectivity index (χ2n) is 5.41. The molecule has 20 heavy (non-hydrogen) atoms. The minimum Gasteiger partial charge on any atom is -0.467 e. The van der Waals surface area contributed by atoms with E-state index in [0.717, 1.165) is 5.56 Å². The van der Waals surface area contributed by atoms with Crippen molar-refractivity contribution in [2.45, 2.75) is 25.6 Å². The van der Waals surface area contributed by atoms with E-state index in [4.69, 9.17) is 17.0 Å². The lowest BCUT2D eigenvalue weighted by atomic mass is 9.81. The van der Waals surface area contributed by atoms with Crippen molar-refractivity contribution < 1.29 is 9.66 Å². The number of hydrogen-bond donors (Lipinski definition) is 1. The van der Waals surface area contributed by atoms with Gasteiger partial charge in [0.1, 0.15) is 5.75 Å². The standard InChI is InChI=1S/C13H15N3O3S/c1-7-11-9-6-8(16(17)18)4-5-10(9)19-13(7,2)15(3)12(20)14-11/h4-7,11H,1-3H3,(H,14,20). The molecule has 2 aliphatic rings. The number of ether oxygens (including phenoxy) is 1. The van der Waals surface area contributed by atoms with E-state index in [1.165, 1.54) is 6.07 Å². The van der Waals surface area contributed by atoms with Crippen molar-refractivity contribution in [2.24, 2.45) is 5.92 Å². The van der Waals surface area contributed by atoms with Crippen LogP contribution in [-0.4, -0.2) is 27.7 Å². The van der Waals surface area contributed by atoms with Gasteiger partial charge in [-0.2, -0.15) is 0 Å². The van der Waals surface area contributed by atoms with Gasteiger partial charge in [-0.3, -0.25) is 10.1 Å². The van der Waals surface area contributed by atoms with E-state index in [1.54, 1.807) is 12.1 Å². The molecule has 7 heteroatoms. The normalized spacial score (nSPS) is 31.1. The summed E-state index contributed by atoms with van der Waals surface area (Å²) in [6, 6.07) is 4.62. The summed E-state index contributed by atoms with van der Waals surface area (Å²) in [4.78, 5) is 12.4. The molecule has 0 radical (unpaired) electrons. The van der Waals surface area contributed by atoms with Gasteiger partial charge in [0, 0.05) is 30.7 Å². The second-order valence-corrected chi connectivity index (χ2v) is 5.80. The molecule has 2 aliphatic heterocycles. The molecule has 3 unspecified atom stereocenters. The lowest BCUT2D eigenvalue weighted by Crippen LogP contribution is -2.67. The molecule has 0 spiro atoms. The summed E-state index contributed by atoms with van der Waals surface area (Å²) in [5, 5.41) is 14.8. The molecule has 0 aromatic heterocycles. The molecular weight excluding hydrogens is 278 g/mol. The first-order valence-electron chi connectivity index (χ1n) is 6.36. The highest BCUT2D eigenvalue weighted by molar-refractivity contribution is 7.80. The fourth-order valence-corrected chi connectivity index (χ4v) is 3.20. The summed E-state index contributed by atoms with van der Waals surface area (Å²) in [5.74, 6) is 0.775. The van der Waals surface area contributed by atoms with Crippen molar-refractivity contribution in [3.8, 4) is 5.75 Å². The lowest BCUT2D eigenvalue weighted by Gasteiger charge is -2.54.